The van der Waals surface area contributed by atoms with Gasteiger partial charge in [-0.15, -0.1) is 0 Å². The first-order valence-electron chi connectivity index (χ1n) is 20.4. The minimum Gasteiger partial charge on any atom is -0.459 e. The van der Waals surface area contributed by atoms with E-state index in [4.69, 9.17) is 9.47 Å². The molecule has 1 saturated heterocycles. The highest BCUT2D eigenvalue weighted by Gasteiger charge is 2.48. The van der Waals surface area contributed by atoms with E-state index in [0.29, 0.717) is 38.8 Å². The number of nitrogens with zero attached hydrogens (tertiary/aromatic N) is 1. The van der Waals surface area contributed by atoms with Crippen molar-refractivity contribution in [3.05, 3.63) is 53.2 Å². The van der Waals surface area contributed by atoms with Crippen LogP contribution < -0.4 is 21.3 Å². The summed E-state index contributed by atoms with van der Waals surface area (Å²) in [4.78, 5) is 43.6. The Hall–Kier alpha value is -4.03. The molecule has 14 nitrogen and oxygen atoms in total. The molecular formula is C42H64F3N5O9. The maximum Gasteiger partial charge on any atom is 0.416 e. The Kier molecular flexibility index (Phi) is 18.0. The van der Waals surface area contributed by atoms with Crippen LogP contribution in [0.4, 0.5) is 29.5 Å². The minimum absolute atomic E-state index is 0.0196. The standard InChI is InChI=1S/C42H64F3N5O9/c1-9-32-41(8,57)35(28(6)49-23-24(2)22-40(7,56)34(52)26(4)33(51)27(5)38(54)58-32)59-39(55)48-20-13-11-10-12-19-47-37(53)29-16-15-21-46-36(29)50-31-18-14-17-30(25(31)3)42(43,44)45/h14-18,21,24,26-28,32-35,49,51-52,56-57H,9-13,19-20,22-23H2,1-8H3,(H,46,50)(H,47,53)(H,48,55)/t24-,26+,27-,28-,32-,33+,34-,35?,40-,41-/m1/s1. The van der Waals surface area contributed by atoms with E-state index in [1.165, 1.54) is 52.1 Å². The number of alkyl carbamates (subject to hydrolysis) is 1. The molecule has 8 N–H and O–H groups in total. The largest absolute Gasteiger partial charge is 0.459 e. The second-order valence-electron chi connectivity index (χ2n) is 16.4. The van der Waals surface area contributed by atoms with Gasteiger partial charge in [0.1, 0.15) is 17.5 Å². The van der Waals surface area contributed by atoms with Gasteiger partial charge in [0.15, 0.2) is 6.10 Å². The smallest absolute Gasteiger partial charge is 0.416 e. The molecule has 59 heavy (non-hydrogen) atoms. The molecule has 332 valence electrons. The van der Waals surface area contributed by atoms with Crippen molar-refractivity contribution in [1.82, 2.24) is 20.9 Å². The summed E-state index contributed by atoms with van der Waals surface area (Å²) >= 11 is 0. The maximum absolute atomic E-state index is 13.4. The van der Waals surface area contributed by atoms with Crippen molar-refractivity contribution in [1.29, 1.82) is 0 Å². The summed E-state index contributed by atoms with van der Waals surface area (Å²) in [6, 6.07) is 6.18. The summed E-state index contributed by atoms with van der Waals surface area (Å²) in [5.74, 6) is -3.34. The van der Waals surface area contributed by atoms with E-state index in [2.05, 4.69) is 26.3 Å². The molecule has 1 aliphatic heterocycles. The minimum atomic E-state index is -4.53. The third-order valence-corrected chi connectivity index (χ3v) is 11.3. The molecule has 1 unspecified atom stereocenters. The predicted molar refractivity (Wildman–Crippen MR) is 216 cm³/mol. The van der Waals surface area contributed by atoms with Gasteiger partial charge in [-0.05, 0) is 103 Å². The number of hydrogen-bond donors (Lipinski definition) is 8. The van der Waals surface area contributed by atoms with Gasteiger partial charge in [-0.2, -0.15) is 13.2 Å². The number of nitrogens with one attached hydrogen (secondary N) is 4. The first-order chi connectivity index (χ1) is 27.5. The summed E-state index contributed by atoms with van der Waals surface area (Å²) in [5, 5.41) is 56.7. The van der Waals surface area contributed by atoms with Crippen LogP contribution in [0.3, 0.4) is 0 Å². The number of benzene rings is 1. The third kappa shape index (κ3) is 13.5. The van der Waals surface area contributed by atoms with Crippen LogP contribution in [-0.4, -0.2) is 105 Å². The Balaban J connectivity index is 1.55. The van der Waals surface area contributed by atoms with Crippen molar-refractivity contribution in [2.75, 3.05) is 25.0 Å². The van der Waals surface area contributed by atoms with E-state index in [-0.39, 0.29) is 47.9 Å². The fourth-order valence-corrected chi connectivity index (χ4v) is 7.66. The van der Waals surface area contributed by atoms with Gasteiger partial charge in [-0.1, -0.05) is 39.7 Å². The number of ether oxygens (including phenoxy) is 2. The van der Waals surface area contributed by atoms with Gasteiger partial charge in [0.2, 0.25) is 0 Å². The molecule has 0 bridgehead atoms. The molecule has 2 amide bonds. The van der Waals surface area contributed by atoms with Crippen LogP contribution in [-0.2, 0) is 20.4 Å². The van der Waals surface area contributed by atoms with Crippen LogP contribution in [0, 0.1) is 24.7 Å². The van der Waals surface area contributed by atoms with Crippen LogP contribution in [0.5, 0.6) is 0 Å². The van der Waals surface area contributed by atoms with Gasteiger partial charge in [0.05, 0.1) is 34.9 Å². The lowest BCUT2D eigenvalue weighted by Crippen LogP contribution is -2.61. The van der Waals surface area contributed by atoms with Crippen molar-refractivity contribution in [2.24, 2.45) is 17.8 Å². The van der Waals surface area contributed by atoms with Gasteiger partial charge in [0, 0.05) is 36.9 Å². The molecule has 17 heteroatoms. The van der Waals surface area contributed by atoms with E-state index >= 15 is 0 Å². The van der Waals surface area contributed by atoms with E-state index in [1.54, 1.807) is 26.8 Å². The molecule has 0 radical (unpaired) electrons. The Bertz CT molecular complexity index is 1690. The molecule has 10 atom stereocenters. The Morgan fingerprint density at radius 1 is 1.00 bits per heavy atom. The number of unbranched alkanes of at least 4 members (excludes halogenated alkanes) is 3. The molecule has 0 spiro atoms. The number of carbonyl (C=O) groups is 3. The molecule has 2 heterocycles. The van der Waals surface area contributed by atoms with Crippen LogP contribution >= 0.6 is 0 Å². The number of alkyl halides is 3. The van der Waals surface area contributed by atoms with Crippen molar-refractivity contribution in [2.45, 2.75) is 142 Å². The summed E-state index contributed by atoms with van der Waals surface area (Å²) in [5.41, 5.74) is -3.93. The first kappa shape index (κ1) is 49.3. The van der Waals surface area contributed by atoms with Gasteiger partial charge < -0.3 is 51.2 Å². The number of hydrogen-bond acceptors (Lipinski definition) is 12. The summed E-state index contributed by atoms with van der Waals surface area (Å²) in [7, 11) is 0. The number of halogens is 3. The number of aliphatic hydroxyl groups is 4. The summed E-state index contributed by atoms with van der Waals surface area (Å²) < 4.78 is 51.8. The molecule has 1 aromatic carbocycles. The second-order valence-corrected chi connectivity index (χ2v) is 16.4. The highest BCUT2D eigenvalue weighted by atomic mass is 19.4. The van der Waals surface area contributed by atoms with Gasteiger partial charge in [-0.25, -0.2) is 9.78 Å². The Morgan fingerprint density at radius 3 is 2.27 bits per heavy atom. The van der Waals surface area contributed by atoms with Gasteiger partial charge >= 0.3 is 18.2 Å². The number of pyridine rings is 1. The van der Waals surface area contributed by atoms with Crippen molar-refractivity contribution in [3.8, 4) is 0 Å². The number of anilines is 2. The maximum atomic E-state index is 13.4. The molecule has 2 aromatic rings. The number of carbonyl (C=O) groups excluding carboxylic acids is 3. The number of aromatic nitrogens is 1. The Labute approximate surface area is 345 Å². The van der Waals surface area contributed by atoms with E-state index in [9.17, 15) is 48.0 Å². The highest BCUT2D eigenvalue weighted by Crippen LogP contribution is 2.36. The molecule has 1 fully saturated rings. The third-order valence-electron chi connectivity index (χ3n) is 11.3. The average Bonchev–Trinajstić information content (AvgIpc) is 3.17. The Morgan fingerprint density at radius 2 is 1.64 bits per heavy atom. The fraction of sp³-hybridized carbons (Fsp3) is 0.667. The van der Waals surface area contributed by atoms with E-state index in [0.717, 1.165) is 6.07 Å². The highest BCUT2D eigenvalue weighted by molar-refractivity contribution is 5.99. The lowest BCUT2D eigenvalue weighted by Gasteiger charge is -2.41. The van der Waals surface area contributed by atoms with Crippen molar-refractivity contribution in [3.63, 3.8) is 0 Å². The van der Waals surface area contributed by atoms with Crippen molar-refractivity contribution >= 4 is 29.5 Å². The average molecular weight is 840 g/mol. The monoisotopic (exact) mass is 839 g/mol. The molecule has 1 aliphatic rings. The number of esters is 1. The molecular weight excluding hydrogens is 775 g/mol. The number of aliphatic hydroxyl groups excluding tert-OH is 2. The molecule has 3 rings (SSSR count). The number of amides is 2. The van der Waals surface area contributed by atoms with Crippen molar-refractivity contribution < 1.29 is 57.5 Å². The van der Waals surface area contributed by atoms with Gasteiger partial charge in [0.25, 0.3) is 5.91 Å². The summed E-state index contributed by atoms with van der Waals surface area (Å²) in [6.07, 6.45) is -6.09. The molecule has 0 saturated carbocycles. The zero-order valence-electron chi connectivity index (χ0n) is 35.4. The fourth-order valence-electron chi connectivity index (χ4n) is 7.66. The first-order valence-corrected chi connectivity index (χ1v) is 20.4. The molecule has 1 aromatic heterocycles. The van der Waals surface area contributed by atoms with Crippen LogP contribution in [0.2, 0.25) is 0 Å². The topological polar surface area (TPSA) is 212 Å². The normalized spacial score (nSPS) is 30.0. The number of rotatable bonds is 12. The molecule has 0 aliphatic carbocycles. The lowest BCUT2D eigenvalue weighted by atomic mass is 9.78. The summed E-state index contributed by atoms with van der Waals surface area (Å²) in [6.45, 7) is 13.4. The second kappa shape index (κ2) is 21.5. The number of cyclic esters (lactones) is 1. The zero-order valence-corrected chi connectivity index (χ0v) is 35.4. The quantitative estimate of drug-likeness (QED) is 0.100. The van der Waals surface area contributed by atoms with Gasteiger partial charge in [-0.3, -0.25) is 9.59 Å². The zero-order chi connectivity index (χ0) is 44.3. The SMILES string of the molecule is CC[C@H]1OC(=O)[C@H](C)[C@@H](O)[C@H](C)[C@@H](O)[C@](C)(O)C[C@@H](C)CN[C@H](C)C(OC(=O)NCCCCCCNC(=O)c2cccnc2Nc2cccc(C(F)(F)F)c2C)[C@]1(C)O. The van der Waals surface area contributed by atoms with E-state index < -0.39 is 83.2 Å². The predicted octanol–water partition coefficient (Wildman–Crippen LogP) is 5.37. The van der Waals surface area contributed by atoms with Crippen LogP contribution in [0.25, 0.3) is 0 Å². The van der Waals surface area contributed by atoms with E-state index in [1.807, 2.05) is 6.92 Å². The van der Waals surface area contributed by atoms with Crippen LogP contribution in [0.1, 0.15) is 108 Å². The lowest BCUT2D eigenvalue weighted by molar-refractivity contribution is -0.190. The van der Waals surface area contributed by atoms with Crippen LogP contribution in [0.15, 0.2) is 36.5 Å².